The third kappa shape index (κ3) is 8.48. The Kier molecular flexibility index (Phi) is 9.80. The van der Waals surface area contributed by atoms with Gasteiger partial charge in [-0.25, -0.2) is 0 Å². The first-order chi connectivity index (χ1) is 4.25. The van der Waals surface area contributed by atoms with Crippen molar-refractivity contribution in [3.63, 3.8) is 0 Å². The first kappa shape index (κ1) is 17.6. The van der Waals surface area contributed by atoms with Gasteiger partial charge >= 0.3 is 29.6 Å². The van der Waals surface area contributed by atoms with Crippen molar-refractivity contribution in [3.05, 3.63) is 13.2 Å². The quantitative estimate of drug-likeness (QED) is 0.205. The van der Waals surface area contributed by atoms with E-state index in [2.05, 4.69) is 13.2 Å². The van der Waals surface area contributed by atoms with Crippen LogP contribution in [0.25, 0.3) is 0 Å². The molecule has 0 radical (unpaired) electrons. The van der Waals surface area contributed by atoms with Gasteiger partial charge in [-0.1, -0.05) is 0 Å². The van der Waals surface area contributed by atoms with Gasteiger partial charge in [0, 0.05) is 0 Å². The second-order valence-electron chi connectivity index (χ2n) is 1.66. The maximum absolute atomic E-state index is 9.96. The van der Waals surface area contributed by atoms with Crippen LogP contribution in [0, 0.1) is 0 Å². The number of rotatable bonds is 1. The Balaban J connectivity index is -0.000000196. The van der Waals surface area contributed by atoms with Gasteiger partial charge in [0.15, 0.2) is 4.99 Å². The first-order valence-corrected chi connectivity index (χ1v) is 3.74. The molecular formula is C4H13N2NaO3S. The molecule has 0 aliphatic heterocycles. The van der Waals surface area contributed by atoms with E-state index in [0.717, 1.165) is 6.92 Å². The molecule has 0 aromatic heterocycles. The molecule has 0 aromatic carbocycles. The molecule has 7 heteroatoms. The molecule has 0 unspecified atom stereocenters. The van der Waals surface area contributed by atoms with Crippen LogP contribution in [0.15, 0.2) is 13.2 Å². The third-order valence-corrected chi connectivity index (χ3v) is 1.67. The predicted molar refractivity (Wildman–Crippen MR) is 46.7 cm³/mol. The van der Waals surface area contributed by atoms with Gasteiger partial charge in [0.2, 0.25) is 0 Å². The van der Waals surface area contributed by atoms with Crippen molar-refractivity contribution in [1.29, 1.82) is 0 Å². The molecule has 5 nitrogen and oxygen atoms in total. The molecule has 5 N–H and O–H groups in total. The summed E-state index contributed by atoms with van der Waals surface area (Å²) in [7, 11) is -4.28. The minimum atomic E-state index is -4.28. The fourth-order valence-electron chi connectivity index (χ4n) is 0. The van der Waals surface area contributed by atoms with Gasteiger partial charge < -0.3 is 0 Å². The van der Waals surface area contributed by atoms with E-state index in [4.69, 9.17) is 16.0 Å². The summed E-state index contributed by atoms with van der Waals surface area (Å²) in [4.78, 5) is -2.03. The Morgan fingerprint density at radius 1 is 1.36 bits per heavy atom. The molecule has 0 aliphatic rings. The van der Waals surface area contributed by atoms with E-state index < -0.39 is 15.1 Å². The molecule has 0 spiro atoms. The van der Waals surface area contributed by atoms with Crippen LogP contribution in [0.4, 0.5) is 0 Å². The van der Waals surface area contributed by atoms with Crippen LogP contribution in [0.3, 0.4) is 0 Å². The Hall–Kier alpha value is 0.570. The van der Waals surface area contributed by atoms with Crippen LogP contribution in [0.5, 0.6) is 0 Å². The van der Waals surface area contributed by atoms with Crippen molar-refractivity contribution in [2.24, 2.45) is 11.5 Å². The molecule has 0 amide bonds. The Morgan fingerprint density at radius 3 is 1.45 bits per heavy atom. The second-order valence-corrected chi connectivity index (χ2v) is 3.49. The number of hydrogen-bond donors (Lipinski definition) is 3. The van der Waals surface area contributed by atoms with Crippen molar-refractivity contribution >= 4 is 39.7 Å². The molecule has 0 saturated heterocycles. The summed E-state index contributed by atoms with van der Waals surface area (Å²) in [6.45, 7) is 6.99. The van der Waals surface area contributed by atoms with Crippen LogP contribution >= 0.6 is 0 Å². The van der Waals surface area contributed by atoms with E-state index in [9.17, 15) is 8.42 Å². The molecule has 0 bridgehead atoms. The fourth-order valence-corrected chi connectivity index (χ4v) is 0. The molecule has 0 aromatic rings. The Labute approximate surface area is 88.9 Å². The zero-order valence-electron chi connectivity index (χ0n) is 5.74. The normalized spacial score (nSPS) is 10.5. The summed E-state index contributed by atoms with van der Waals surface area (Å²) in [5.41, 5.74) is 9.50. The van der Waals surface area contributed by atoms with Crippen LogP contribution in [-0.2, 0) is 10.1 Å². The van der Waals surface area contributed by atoms with Crippen LogP contribution in [-0.4, -0.2) is 47.5 Å². The minimum absolute atomic E-state index is 0. The van der Waals surface area contributed by atoms with Gasteiger partial charge in [-0.05, 0) is 6.92 Å². The molecule has 0 rings (SSSR count). The van der Waals surface area contributed by atoms with E-state index in [1.54, 1.807) is 0 Å². The van der Waals surface area contributed by atoms with E-state index in [1.807, 2.05) is 0 Å². The molecule has 0 saturated carbocycles. The molecule has 64 valence electrons. The van der Waals surface area contributed by atoms with Crippen molar-refractivity contribution in [1.82, 2.24) is 0 Å². The topological polar surface area (TPSA) is 106 Å². The van der Waals surface area contributed by atoms with Crippen molar-refractivity contribution in [3.8, 4) is 0 Å². The van der Waals surface area contributed by atoms with Gasteiger partial charge in [-0.3, -0.25) is 16.0 Å². The van der Waals surface area contributed by atoms with Gasteiger partial charge in [-0.15, -0.1) is 13.2 Å². The number of nitrogens with two attached hydrogens (primary N) is 2. The average molecular weight is 192 g/mol. The summed E-state index contributed by atoms with van der Waals surface area (Å²) in [6, 6.07) is 0. The molecule has 0 atom stereocenters. The molecule has 0 heterocycles. The van der Waals surface area contributed by atoms with Crippen LogP contribution in [0.2, 0.25) is 0 Å². The van der Waals surface area contributed by atoms with Crippen LogP contribution < -0.4 is 11.5 Å². The predicted octanol–water partition coefficient (Wildman–Crippen LogP) is -1.38. The maximum atomic E-state index is 9.96. The molecular weight excluding hydrogens is 179 g/mol. The Morgan fingerprint density at radius 2 is 1.45 bits per heavy atom. The van der Waals surface area contributed by atoms with Gasteiger partial charge in [0.1, 0.15) is 0 Å². The van der Waals surface area contributed by atoms with Crippen molar-refractivity contribution in [2.75, 3.05) is 0 Å². The third-order valence-electron chi connectivity index (χ3n) is 0.556. The summed E-state index contributed by atoms with van der Waals surface area (Å²) >= 11 is 0. The summed E-state index contributed by atoms with van der Waals surface area (Å²) < 4.78 is 28.0. The molecule has 0 fully saturated rings. The van der Waals surface area contributed by atoms with Crippen LogP contribution in [0.1, 0.15) is 6.92 Å². The SMILES string of the molecule is C=C.CC(N)(N)S(=O)(=O)O.[NaH]. The summed E-state index contributed by atoms with van der Waals surface area (Å²) in [5.74, 6) is 0. The van der Waals surface area contributed by atoms with E-state index in [0.29, 0.717) is 0 Å². The average Bonchev–Trinajstić information content (AvgIpc) is 1.66. The summed E-state index contributed by atoms with van der Waals surface area (Å²) in [5, 5.41) is 0. The monoisotopic (exact) mass is 192 g/mol. The van der Waals surface area contributed by atoms with E-state index in [-0.39, 0.29) is 29.6 Å². The van der Waals surface area contributed by atoms with E-state index in [1.165, 1.54) is 0 Å². The van der Waals surface area contributed by atoms with Crippen molar-refractivity contribution < 1.29 is 13.0 Å². The standard InChI is InChI=1S/C2H8N2O3S.C2H4.Na.H/c1-2(3,4)8(5,6)7;1-2;;/h3-4H2,1H3,(H,5,6,7);1-2H2;;. The molecule has 11 heavy (non-hydrogen) atoms. The first-order valence-electron chi connectivity index (χ1n) is 2.30. The molecule has 0 aliphatic carbocycles. The van der Waals surface area contributed by atoms with Gasteiger partial charge in [0.25, 0.3) is 10.1 Å². The summed E-state index contributed by atoms with van der Waals surface area (Å²) in [6.07, 6.45) is 0. The fraction of sp³-hybridized carbons (Fsp3) is 0.500. The van der Waals surface area contributed by atoms with Crippen molar-refractivity contribution in [2.45, 2.75) is 11.9 Å². The zero-order valence-corrected chi connectivity index (χ0v) is 6.56. The van der Waals surface area contributed by atoms with Gasteiger partial charge in [-0.2, -0.15) is 8.42 Å². The van der Waals surface area contributed by atoms with Gasteiger partial charge in [0.05, 0.1) is 0 Å². The van der Waals surface area contributed by atoms with E-state index >= 15 is 0 Å². The second kappa shape index (κ2) is 6.13. The zero-order chi connectivity index (χ0) is 9.00. The Bertz CT molecular complexity index is 184. The number of hydrogen-bond acceptors (Lipinski definition) is 4.